The maximum Gasteiger partial charge on any atom is 0.120 e. The van der Waals surface area contributed by atoms with E-state index in [1.54, 1.807) is 5.56 Å². The molecule has 0 aliphatic heterocycles. The van der Waals surface area contributed by atoms with Crippen LogP contribution in [0.15, 0.2) is 60.7 Å². The minimum atomic E-state index is 0.470. The van der Waals surface area contributed by atoms with Crippen LogP contribution in [0.5, 0.6) is 5.75 Å². The van der Waals surface area contributed by atoms with Crippen molar-refractivity contribution in [2.24, 2.45) is 17.3 Å². The van der Waals surface area contributed by atoms with E-state index in [-0.39, 0.29) is 0 Å². The van der Waals surface area contributed by atoms with E-state index >= 15 is 0 Å². The molecule has 134 valence electrons. The van der Waals surface area contributed by atoms with Crippen molar-refractivity contribution in [3.8, 4) is 5.75 Å². The minimum absolute atomic E-state index is 0.470. The van der Waals surface area contributed by atoms with E-state index < -0.39 is 0 Å². The van der Waals surface area contributed by atoms with Crippen LogP contribution in [0.2, 0.25) is 0 Å². The molecule has 0 radical (unpaired) electrons. The average molecular weight is 344 g/mol. The van der Waals surface area contributed by atoms with E-state index in [1.807, 2.05) is 6.07 Å². The Labute approximate surface area is 157 Å². The maximum atomic E-state index is 6.07. The first kappa shape index (κ1) is 16.2. The van der Waals surface area contributed by atoms with Gasteiger partial charge in [0.05, 0.1) is 0 Å². The molecule has 0 heterocycles. The highest BCUT2D eigenvalue weighted by molar-refractivity contribution is 5.41. The van der Waals surface area contributed by atoms with Crippen LogP contribution in [0.3, 0.4) is 0 Å². The highest BCUT2D eigenvalue weighted by Gasteiger charge is 2.48. The second kappa shape index (κ2) is 6.30. The highest BCUT2D eigenvalue weighted by atomic mass is 16.5. The van der Waals surface area contributed by atoms with Crippen molar-refractivity contribution in [2.45, 2.75) is 51.6 Å². The van der Waals surface area contributed by atoms with Crippen LogP contribution < -0.4 is 4.74 Å². The van der Waals surface area contributed by atoms with Gasteiger partial charge in [-0.25, -0.2) is 0 Å². The standard InChI is InChI=1S/C25H28O/c1-25-14-5-8-24(25)23-11-9-19-16-20(10-12-21(19)22(23)13-15-25)26-17-18-6-3-2-4-7-18/h2-7,10,12,14,16,22-24H,8-9,11,13,15,17H2,1H3/t22-,23+,24+,25-/m0/s1. The van der Waals surface area contributed by atoms with Crippen molar-refractivity contribution in [3.05, 3.63) is 77.4 Å². The molecule has 0 aromatic heterocycles. The molecule has 3 aliphatic carbocycles. The van der Waals surface area contributed by atoms with Gasteiger partial charge in [-0.2, -0.15) is 0 Å². The monoisotopic (exact) mass is 344 g/mol. The Morgan fingerprint density at radius 3 is 2.85 bits per heavy atom. The van der Waals surface area contributed by atoms with Crippen LogP contribution >= 0.6 is 0 Å². The Balaban J connectivity index is 1.35. The van der Waals surface area contributed by atoms with Crippen LogP contribution in [-0.4, -0.2) is 0 Å². The molecule has 1 heteroatoms. The summed E-state index contributed by atoms with van der Waals surface area (Å²) in [5.74, 6) is 3.52. The van der Waals surface area contributed by atoms with E-state index in [2.05, 4.69) is 61.5 Å². The molecule has 2 aromatic carbocycles. The van der Waals surface area contributed by atoms with Gasteiger partial charge in [0.2, 0.25) is 0 Å². The topological polar surface area (TPSA) is 9.23 Å². The first-order valence-corrected chi connectivity index (χ1v) is 10.2. The van der Waals surface area contributed by atoms with E-state index in [0.717, 1.165) is 23.5 Å². The molecule has 3 aliphatic rings. The fourth-order valence-electron chi connectivity index (χ4n) is 5.87. The molecule has 5 rings (SSSR count). The van der Waals surface area contributed by atoms with E-state index in [9.17, 15) is 0 Å². The predicted octanol–water partition coefficient (Wildman–Crippen LogP) is 6.29. The van der Waals surface area contributed by atoms with Gasteiger partial charge in [0.25, 0.3) is 0 Å². The third kappa shape index (κ3) is 2.69. The summed E-state index contributed by atoms with van der Waals surface area (Å²) in [6, 6.07) is 17.3. The summed E-state index contributed by atoms with van der Waals surface area (Å²) in [6.45, 7) is 3.14. The van der Waals surface area contributed by atoms with Gasteiger partial charge in [-0.05, 0) is 84.1 Å². The Kier molecular flexibility index (Phi) is 3.92. The van der Waals surface area contributed by atoms with Gasteiger partial charge in [0, 0.05) is 0 Å². The zero-order chi connectivity index (χ0) is 17.6. The van der Waals surface area contributed by atoms with Crippen molar-refractivity contribution in [1.29, 1.82) is 0 Å². The second-order valence-electron chi connectivity index (χ2n) is 8.73. The van der Waals surface area contributed by atoms with Gasteiger partial charge in [0.15, 0.2) is 0 Å². The number of aryl methyl sites for hydroxylation is 1. The quantitative estimate of drug-likeness (QED) is 0.595. The third-order valence-corrected chi connectivity index (χ3v) is 7.27. The number of fused-ring (bicyclic) bond motifs is 5. The average Bonchev–Trinajstić information content (AvgIpc) is 3.08. The second-order valence-corrected chi connectivity index (χ2v) is 8.73. The summed E-state index contributed by atoms with van der Waals surface area (Å²) in [5.41, 5.74) is 4.84. The molecular weight excluding hydrogens is 316 g/mol. The molecule has 2 aromatic rings. The first-order chi connectivity index (χ1) is 12.7. The Morgan fingerprint density at radius 1 is 1.08 bits per heavy atom. The molecular formula is C25H28O. The van der Waals surface area contributed by atoms with Gasteiger partial charge < -0.3 is 4.74 Å². The largest absolute Gasteiger partial charge is 0.489 e. The van der Waals surface area contributed by atoms with Gasteiger partial charge >= 0.3 is 0 Å². The van der Waals surface area contributed by atoms with Gasteiger partial charge in [-0.1, -0.05) is 55.5 Å². The summed E-state index contributed by atoms with van der Waals surface area (Å²) in [7, 11) is 0. The number of ether oxygens (including phenoxy) is 1. The van der Waals surface area contributed by atoms with Crippen molar-refractivity contribution < 1.29 is 4.74 Å². The molecule has 4 atom stereocenters. The number of allylic oxidation sites excluding steroid dienone is 2. The molecule has 0 spiro atoms. The Morgan fingerprint density at radius 2 is 1.96 bits per heavy atom. The summed E-state index contributed by atoms with van der Waals surface area (Å²) in [5, 5.41) is 0. The van der Waals surface area contributed by atoms with Crippen LogP contribution in [0.1, 0.15) is 55.2 Å². The normalized spacial score (nSPS) is 31.8. The van der Waals surface area contributed by atoms with Gasteiger partial charge in [0.1, 0.15) is 12.4 Å². The van der Waals surface area contributed by atoms with E-state index in [1.165, 1.54) is 43.2 Å². The molecule has 1 fully saturated rings. The molecule has 0 amide bonds. The fraction of sp³-hybridized carbons (Fsp3) is 0.440. The van der Waals surface area contributed by atoms with Crippen molar-refractivity contribution >= 4 is 0 Å². The van der Waals surface area contributed by atoms with E-state index in [4.69, 9.17) is 4.74 Å². The van der Waals surface area contributed by atoms with Gasteiger partial charge in [-0.15, -0.1) is 0 Å². The summed E-state index contributed by atoms with van der Waals surface area (Å²) in [6.07, 6.45) is 11.5. The Hall–Kier alpha value is -2.02. The number of hydrogen-bond donors (Lipinski definition) is 0. The fourth-order valence-corrected chi connectivity index (χ4v) is 5.87. The molecule has 0 N–H and O–H groups in total. The van der Waals surface area contributed by atoms with E-state index in [0.29, 0.717) is 12.0 Å². The lowest BCUT2D eigenvalue weighted by Gasteiger charge is -2.49. The van der Waals surface area contributed by atoms with Crippen LogP contribution in [-0.2, 0) is 13.0 Å². The van der Waals surface area contributed by atoms with Crippen LogP contribution in [0.4, 0.5) is 0 Å². The number of benzene rings is 2. The molecule has 1 nitrogen and oxygen atoms in total. The Bertz CT molecular complexity index is 821. The molecule has 0 saturated heterocycles. The number of rotatable bonds is 3. The third-order valence-electron chi connectivity index (χ3n) is 7.27. The zero-order valence-electron chi connectivity index (χ0n) is 15.7. The SMILES string of the molecule is C[C@@]12C=CC[C@@H]1[C@@H]1CCc3cc(OCc4ccccc4)ccc3[C@@H]1CC2. The lowest BCUT2D eigenvalue weighted by atomic mass is 9.56. The van der Waals surface area contributed by atoms with Crippen molar-refractivity contribution in [3.63, 3.8) is 0 Å². The minimum Gasteiger partial charge on any atom is -0.489 e. The zero-order valence-corrected chi connectivity index (χ0v) is 15.7. The lowest BCUT2D eigenvalue weighted by Crippen LogP contribution is -2.39. The van der Waals surface area contributed by atoms with Crippen LogP contribution in [0, 0.1) is 17.3 Å². The molecule has 1 saturated carbocycles. The lowest BCUT2D eigenvalue weighted by molar-refractivity contribution is 0.0825. The first-order valence-electron chi connectivity index (χ1n) is 10.2. The van der Waals surface area contributed by atoms with Crippen LogP contribution in [0.25, 0.3) is 0 Å². The predicted molar refractivity (Wildman–Crippen MR) is 106 cm³/mol. The smallest absolute Gasteiger partial charge is 0.120 e. The maximum absolute atomic E-state index is 6.07. The van der Waals surface area contributed by atoms with Gasteiger partial charge in [-0.3, -0.25) is 0 Å². The highest BCUT2D eigenvalue weighted by Crippen LogP contribution is 2.58. The summed E-state index contributed by atoms with van der Waals surface area (Å²) >= 11 is 0. The summed E-state index contributed by atoms with van der Waals surface area (Å²) < 4.78 is 6.07. The number of hydrogen-bond acceptors (Lipinski definition) is 1. The summed E-state index contributed by atoms with van der Waals surface area (Å²) in [4.78, 5) is 0. The van der Waals surface area contributed by atoms with Crippen molar-refractivity contribution in [1.82, 2.24) is 0 Å². The molecule has 26 heavy (non-hydrogen) atoms. The molecule has 0 bridgehead atoms. The molecule has 0 unspecified atom stereocenters. The van der Waals surface area contributed by atoms with Crippen molar-refractivity contribution in [2.75, 3.05) is 0 Å².